The molecule has 0 unspecified atom stereocenters. The summed E-state index contributed by atoms with van der Waals surface area (Å²) in [6, 6.07) is 7.83. The molecule has 0 aliphatic heterocycles. The summed E-state index contributed by atoms with van der Waals surface area (Å²) < 4.78 is 42.8. The van der Waals surface area contributed by atoms with E-state index in [0.29, 0.717) is 15.4 Å². The van der Waals surface area contributed by atoms with Crippen LogP contribution < -0.4 is 13.7 Å². The second kappa shape index (κ2) is 7.83. The lowest BCUT2D eigenvalue weighted by Gasteiger charge is -2.15. The van der Waals surface area contributed by atoms with E-state index in [-0.39, 0.29) is 27.2 Å². The van der Waals surface area contributed by atoms with E-state index in [4.69, 9.17) is 25.3 Å². The predicted octanol–water partition coefficient (Wildman–Crippen LogP) is 5.20. The van der Waals surface area contributed by atoms with Crippen LogP contribution in [0.4, 0.5) is 0 Å². The zero-order valence-corrected chi connectivity index (χ0v) is 18.7. The van der Waals surface area contributed by atoms with Crippen molar-refractivity contribution in [1.29, 1.82) is 0 Å². The van der Waals surface area contributed by atoms with Crippen LogP contribution in [0.15, 0.2) is 50.4 Å². The number of aromatic nitrogens is 1. The average Bonchev–Trinajstić information content (AvgIpc) is 2.64. The van der Waals surface area contributed by atoms with Gasteiger partial charge in [0, 0.05) is 28.2 Å². The Bertz CT molecular complexity index is 1140. The number of methoxy groups -OCH3 is 2. The topological polar surface area (TPSA) is 74.7 Å². The summed E-state index contributed by atoms with van der Waals surface area (Å²) in [5, 5.41) is 0.914. The molecule has 1 heterocycles. The number of ether oxygens (including phenoxy) is 2. The first-order chi connectivity index (χ1) is 12.8. The van der Waals surface area contributed by atoms with Crippen molar-refractivity contribution in [3.63, 3.8) is 0 Å². The van der Waals surface area contributed by atoms with Gasteiger partial charge in [0.1, 0.15) is 17.0 Å². The van der Waals surface area contributed by atoms with Gasteiger partial charge in [0.25, 0.3) is 0 Å². The molecular weight excluding hydrogens is 526 g/mol. The second-order valence-corrected chi connectivity index (χ2v) is 8.87. The lowest BCUT2D eigenvalue weighted by molar-refractivity contribution is 0.388. The average molecular weight is 538 g/mol. The summed E-state index contributed by atoms with van der Waals surface area (Å²) in [6.45, 7) is 0. The van der Waals surface area contributed by atoms with Crippen LogP contribution in [-0.4, -0.2) is 27.6 Å². The van der Waals surface area contributed by atoms with E-state index in [1.807, 2.05) is 0 Å². The molecule has 0 aliphatic carbocycles. The van der Waals surface area contributed by atoms with E-state index in [1.165, 1.54) is 26.4 Å². The van der Waals surface area contributed by atoms with E-state index in [0.717, 1.165) is 4.47 Å². The van der Waals surface area contributed by atoms with Gasteiger partial charge in [0.05, 0.1) is 23.7 Å². The molecule has 3 rings (SSSR count). The van der Waals surface area contributed by atoms with Crippen molar-refractivity contribution in [1.82, 2.24) is 4.98 Å². The first-order valence-electron chi connectivity index (χ1n) is 7.37. The molecule has 10 heteroatoms. The molecule has 0 fully saturated rings. The molecular formula is C17H12Br2ClNO5S. The van der Waals surface area contributed by atoms with Gasteiger partial charge in [-0.25, -0.2) is 0 Å². The third kappa shape index (κ3) is 3.87. The van der Waals surface area contributed by atoms with E-state index in [2.05, 4.69) is 36.8 Å². The van der Waals surface area contributed by atoms with Crippen molar-refractivity contribution in [2.75, 3.05) is 14.2 Å². The summed E-state index contributed by atoms with van der Waals surface area (Å²) in [6.07, 6.45) is 1.55. The van der Waals surface area contributed by atoms with E-state index < -0.39 is 10.1 Å². The molecule has 0 saturated heterocycles. The Morgan fingerprint density at radius 1 is 1.04 bits per heavy atom. The van der Waals surface area contributed by atoms with Crippen LogP contribution in [0.25, 0.3) is 10.9 Å². The van der Waals surface area contributed by atoms with Crippen molar-refractivity contribution in [2.45, 2.75) is 4.90 Å². The number of nitrogens with zero attached hydrogens (tertiary/aromatic N) is 1. The molecule has 6 nitrogen and oxygen atoms in total. The maximum atomic E-state index is 13.0. The van der Waals surface area contributed by atoms with Crippen molar-refractivity contribution in [3.8, 4) is 17.2 Å². The lowest BCUT2D eigenvalue weighted by atomic mass is 10.2. The molecule has 0 N–H and O–H groups in total. The van der Waals surface area contributed by atoms with Crippen molar-refractivity contribution in [3.05, 3.63) is 50.5 Å². The normalized spacial score (nSPS) is 11.4. The SMILES string of the molecule is COc1cc(S(=O)(=O)Oc2c(Br)cc(Br)c3cccnc23)c(OC)cc1Cl. The fourth-order valence-corrected chi connectivity index (χ4v) is 5.22. The molecule has 1 aromatic heterocycles. The Morgan fingerprint density at radius 3 is 2.41 bits per heavy atom. The number of pyridine rings is 1. The highest BCUT2D eigenvalue weighted by molar-refractivity contribution is 9.11. The van der Waals surface area contributed by atoms with Gasteiger partial charge in [-0.2, -0.15) is 8.42 Å². The van der Waals surface area contributed by atoms with E-state index >= 15 is 0 Å². The summed E-state index contributed by atoms with van der Waals surface area (Å²) in [4.78, 5) is 4.03. The Hall–Kier alpha value is -1.55. The molecule has 2 aromatic carbocycles. The van der Waals surface area contributed by atoms with Crippen LogP contribution in [0.2, 0.25) is 5.02 Å². The van der Waals surface area contributed by atoms with Gasteiger partial charge in [-0.1, -0.05) is 33.6 Å². The monoisotopic (exact) mass is 535 g/mol. The van der Waals surface area contributed by atoms with Gasteiger partial charge >= 0.3 is 10.1 Å². The third-order valence-corrected chi connectivity index (χ3v) is 6.44. The molecule has 0 amide bonds. The van der Waals surface area contributed by atoms with Crippen LogP contribution >= 0.6 is 43.5 Å². The van der Waals surface area contributed by atoms with Gasteiger partial charge in [0.2, 0.25) is 0 Å². The van der Waals surface area contributed by atoms with Crippen LogP contribution in [0.3, 0.4) is 0 Å². The summed E-state index contributed by atoms with van der Waals surface area (Å²) in [7, 11) is -1.56. The zero-order chi connectivity index (χ0) is 19.8. The smallest absolute Gasteiger partial charge is 0.343 e. The lowest BCUT2D eigenvalue weighted by Crippen LogP contribution is -2.12. The second-order valence-electron chi connectivity index (χ2n) is 5.24. The predicted molar refractivity (Wildman–Crippen MR) is 110 cm³/mol. The molecule has 142 valence electrons. The molecule has 3 aromatic rings. The highest BCUT2D eigenvalue weighted by Crippen LogP contribution is 2.41. The fraction of sp³-hybridized carbons (Fsp3) is 0.118. The minimum Gasteiger partial charge on any atom is -0.495 e. The van der Waals surface area contributed by atoms with Crippen molar-refractivity contribution in [2.24, 2.45) is 0 Å². The largest absolute Gasteiger partial charge is 0.495 e. The minimum atomic E-state index is -4.28. The zero-order valence-electron chi connectivity index (χ0n) is 14.0. The van der Waals surface area contributed by atoms with E-state index in [1.54, 1.807) is 24.4 Å². The first-order valence-corrected chi connectivity index (χ1v) is 10.7. The van der Waals surface area contributed by atoms with Gasteiger partial charge in [-0.15, -0.1) is 0 Å². The standard InChI is InChI=1S/C17H12Br2ClNO5S/c1-24-13-8-15(14(25-2)7-12(13)20)27(22,23)26-17-11(19)6-10(18)9-4-3-5-21-16(9)17/h3-8H,1-2H3. The number of rotatable bonds is 5. The Balaban J connectivity index is 2.18. The van der Waals surface area contributed by atoms with Gasteiger partial charge in [0.15, 0.2) is 10.6 Å². The number of hydrogen-bond acceptors (Lipinski definition) is 6. The summed E-state index contributed by atoms with van der Waals surface area (Å²) in [5.41, 5.74) is 0.377. The number of halogens is 3. The Kier molecular flexibility index (Phi) is 5.85. The Labute approximate surface area is 177 Å². The highest BCUT2D eigenvalue weighted by Gasteiger charge is 2.27. The molecule has 27 heavy (non-hydrogen) atoms. The van der Waals surface area contributed by atoms with Crippen molar-refractivity contribution < 1.29 is 22.1 Å². The maximum absolute atomic E-state index is 13.0. The maximum Gasteiger partial charge on any atom is 0.343 e. The van der Waals surface area contributed by atoms with Gasteiger partial charge in [-0.05, 0) is 28.1 Å². The highest BCUT2D eigenvalue weighted by atomic mass is 79.9. The number of hydrogen-bond donors (Lipinski definition) is 0. The van der Waals surface area contributed by atoms with Gasteiger partial charge in [-0.3, -0.25) is 4.98 Å². The molecule has 0 saturated carbocycles. The molecule has 0 radical (unpaired) electrons. The third-order valence-electron chi connectivity index (χ3n) is 3.65. The summed E-state index contributed by atoms with van der Waals surface area (Å²) in [5.74, 6) is 0.272. The number of benzene rings is 2. The van der Waals surface area contributed by atoms with Crippen molar-refractivity contribution >= 4 is 64.5 Å². The number of fused-ring (bicyclic) bond motifs is 1. The summed E-state index contributed by atoms with van der Waals surface area (Å²) >= 11 is 12.8. The van der Waals surface area contributed by atoms with Gasteiger partial charge < -0.3 is 13.7 Å². The molecule has 0 spiro atoms. The van der Waals surface area contributed by atoms with Crippen LogP contribution in [0.5, 0.6) is 17.2 Å². The molecule has 0 aliphatic rings. The quantitative estimate of drug-likeness (QED) is 0.417. The molecule has 0 bridgehead atoms. The molecule has 0 atom stereocenters. The fourth-order valence-electron chi connectivity index (χ4n) is 2.41. The first kappa shape index (κ1) is 20.2. The van der Waals surface area contributed by atoms with Crippen LogP contribution in [0.1, 0.15) is 0 Å². The Morgan fingerprint density at radius 2 is 1.74 bits per heavy atom. The minimum absolute atomic E-state index is 0.0336. The van der Waals surface area contributed by atoms with Crippen LogP contribution in [-0.2, 0) is 10.1 Å². The van der Waals surface area contributed by atoms with E-state index in [9.17, 15) is 8.42 Å². The van der Waals surface area contributed by atoms with Crippen LogP contribution in [0, 0.1) is 0 Å².